The average Bonchev–Trinajstić information content (AvgIpc) is 3.10. The van der Waals surface area contributed by atoms with Crippen molar-refractivity contribution < 1.29 is 9.53 Å². The van der Waals surface area contributed by atoms with Gasteiger partial charge in [0, 0.05) is 24.2 Å². The number of hydrogen-bond donors (Lipinski definition) is 0. The molecule has 0 aliphatic rings. The van der Waals surface area contributed by atoms with Crippen LogP contribution in [-0.2, 0) is 19.6 Å². The molecule has 0 aliphatic carbocycles. The first-order valence-electron chi connectivity index (χ1n) is 10.5. The molecule has 3 aromatic rings. The van der Waals surface area contributed by atoms with Gasteiger partial charge in [-0.15, -0.1) is 0 Å². The first-order valence-corrected chi connectivity index (χ1v) is 10.5. The Morgan fingerprint density at radius 2 is 1.74 bits per heavy atom. The minimum absolute atomic E-state index is 0.00283. The second-order valence-electron chi connectivity index (χ2n) is 8.72. The van der Waals surface area contributed by atoms with Gasteiger partial charge >= 0.3 is 5.69 Å². The second kappa shape index (κ2) is 8.91. The maximum Gasteiger partial charge on any atom is 0.333 e. The van der Waals surface area contributed by atoms with Crippen molar-refractivity contribution in [2.24, 2.45) is 11.8 Å². The lowest BCUT2D eigenvalue weighted by atomic mass is 10.1. The van der Waals surface area contributed by atoms with Gasteiger partial charge in [0.1, 0.15) is 5.75 Å². The van der Waals surface area contributed by atoms with E-state index in [4.69, 9.17) is 4.74 Å². The lowest BCUT2D eigenvalue weighted by Crippen LogP contribution is -2.41. The van der Waals surface area contributed by atoms with Crippen LogP contribution in [0.5, 0.6) is 5.75 Å². The van der Waals surface area contributed by atoms with E-state index in [2.05, 4.69) is 18.8 Å². The summed E-state index contributed by atoms with van der Waals surface area (Å²) in [6.45, 7) is 10.7. The molecule has 8 heteroatoms. The van der Waals surface area contributed by atoms with E-state index in [1.165, 1.54) is 18.6 Å². The number of rotatable bonds is 8. The van der Waals surface area contributed by atoms with Gasteiger partial charge in [-0.25, -0.2) is 9.78 Å². The van der Waals surface area contributed by atoms with Crippen molar-refractivity contribution in [3.05, 3.63) is 56.5 Å². The molecule has 8 nitrogen and oxygen atoms in total. The quantitative estimate of drug-likeness (QED) is 0.517. The number of carbonyl (C=O) groups is 1. The monoisotopic (exact) mass is 426 g/mol. The summed E-state index contributed by atoms with van der Waals surface area (Å²) < 4.78 is 10.0. The summed E-state index contributed by atoms with van der Waals surface area (Å²) in [5, 5.41) is 0. The number of carbonyl (C=O) groups excluding carboxylic acids is 1. The van der Waals surface area contributed by atoms with Gasteiger partial charge in [-0.1, -0.05) is 27.7 Å². The molecule has 0 aliphatic heterocycles. The smallest absolute Gasteiger partial charge is 0.333 e. The Morgan fingerprint density at radius 1 is 1.06 bits per heavy atom. The Hall–Kier alpha value is -3.16. The summed E-state index contributed by atoms with van der Waals surface area (Å²) in [4.78, 5) is 43.1. The molecule has 0 bridgehead atoms. The summed E-state index contributed by atoms with van der Waals surface area (Å²) in [5.41, 5.74) is 1.10. The molecule has 0 saturated heterocycles. The van der Waals surface area contributed by atoms with Gasteiger partial charge in [0.15, 0.2) is 16.9 Å². The Morgan fingerprint density at radius 3 is 2.32 bits per heavy atom. The molecule has 2 aromatic heterocycles. The van der Waals surface area contributed by atoms with E-state index >= 15 is 0 Å². The van der Waals surface area contributed by atoms with Crippen LogP contribution in [0, 0.1) is 11.8 Å². The molecule has 166 valence electrons. The minimum Gasteiger partial charge on any atom is -0.496 e. The molecule has 0 saturated carbocycles. The number of imidazole rings is 1. The summed E-state index contributed by atoms with van der Waals surface area (Å²) in [5.74, 6) is 0.919. The highest BCUT2D eigenvalue weighted by molar-refractivity contribution is 5.94. The number of ether oxygens (including phenoxy) is 1. The molecule has 0 amide bonds. The van der Waals surface area contributed by atoms with Gasteiger partial charge in [-0.05, 0) is 37.0 Å². The number of nitrogens with zero attached hydrogens (tertiary/aromatic N) is 4. The van der Waals surface area contributed by atoms with Gasteiger partial charge in [-0.2, -0.15) is 0 Å². The highest BCUT2D eigenvalue weighted by Gasteiger charge is 2.20. The van der Waals surface area contributed by atoms with Gasteiger partial charge in [-0.3, -0.25) is 18.7 Å². The third kappa shape index (κ3) is 4.47. The first kappa shape index (κ1) is 22.5. The zero-order valence-corrected chi connectivity index (χ0v) is 19.0. The molecular weight excluding hydrogens is 396 g/mol. The maximum atomic E-state index is 13.5. The van der Waals surface area contributed by atoms with E-state index in [1.807, 2.05) is 18.4 Å². The maximum absolute atomic E-state index is 13.5. The molecule has 1 aromatic carbocycles. The third-order valence-electron chi connectivity index (χ3n) is 5.11. The van der Waals surface area contributed by atoms with Crippen molar-refractivity contribution in [3.63, 3.8) is 0 Å². The van der Waals surface area contributed by atoms with Gasteiger partial charge in [0.2, 0.25) is 0 Å². The van der Waals surface area contributed by atoms with E-state index in [0.717, 1.165) is 0 Å². The molecule has 0 atom stereocenters. The van der Waals surface area contributed by atoms with Crippen molar-refractivity contribution in [2.75, 3.05) is 7.11 Å². The highest BCUT2D eigenvalue weighted by atomic mass is 16.5. The average molecular weight is 427 g/mol. The van der Waals surface area contributed by atoms with Crippen LogP contribution in [0.2, 0.25) is 0 Å². The third-order valence-corrected chi connectivity index (χ3v) is 5.11. The molecule has 0 spiro atoms. The first-order chi connectivity index (χ1) is 14.6. The lowest BCUT2D eigenvalue weighted by Gasteiger charge is -2.16. The number of aromatic nitrogens is 4. The fraction of sp³-hybridized carbons (Fsp3) is 0.478. The van der Waals surface area contributed by atoms with Crippen LogP contribution >= 0.6 is 0 Å². The van der Waals surface area contributed by atoms with Crippen LogP contribution in [0.1, 0.15) is 50.5 Å². The molecule has 0 unspecified atom stereocenters. The SMILES string of the molecule is COc1ccc(C(C)=O)cc1Cn1c(=O)c2c(ncn2CC(C)C)n(CC(C)C)c1=O. The van der Waals surface area contributed by atoms with Crippen LogP contribution in [0.25, 0.3) is 11.2 Å². The van der Waals surface area contributed by atoms with E-state index in [-0.39, 0.29) is 18.2 Å². The van der Waals surface area contributed by atoms with Crippen LogP contribution in [0.3, 0.4) is 0 Å². The summed E-state index contributed by atoms with van der Waals surface area (Å²) in [6, 6.07) is 5.03. The highest BCUT2D eigenvalue weighted by Crippen LogP contribution is 2.21. The number of methoxy groups -OCH3 is 1. The largest absolute Gasteiger partial charge is 0.496 e. The molecule has 0 fully saturated rings. The Bertz CT molecular complexity index is 1230. The standard InChI is InChI=1S/C23H30N4O4/c1-14(2)10-25-13-24-21-20(25)22(29)27(23(30)26(21)11-15(3)4)12-18-9-17(16(5)28)7-8-19(18)31-6/h7-9,13-15H,10-12H2,1-6H3. The summed E-state index contributed by atoms with van der Waals surface area (Å²) in [7, 11) is 1.52. The molecular formula is C23H30N4O4. The van der Waals surface area contributed by atoms with Crippen molar-refractivity contribution in [3.8, 4) is 5.75 Å². The van der Waals surface area contributed by atoms with Crippen molar-refractivity contribution >= 4 is 16.9 Å². The molecule has 3 rings (SSSR count). The van der Waals surface area contributed by atoms with Crippen LogP contribution in [0.15, 0.2) is 34.1 Å². The van der Waals surface area contributed by atoms with Crippen molar-refractivity contribution in [1.82, 2.24) is 18.7 Å². The summed E-state index contributed by atoms with van der Waals surface area (Å²) >= 11 is 0. The van der Waals surface area contributed by atoms with Gasteiger partial charge < -0.3 is 9.30 Å². The number of ketones is 1. The topological polar surface area (TPSA) is 88.1 Å². The fourth-order valence-electron chi connectivity index (χ4n) is 3.73. The lowest BCUT2D eigenvalue weighted by molar-refractivity contribution is 0.101. The number of fused-ring (bicyclic) bond motifs is 1. The molecule has 31 heavy (non-hydrogen) atoms. The van der Waals surface area contributed by atoms with Crippen LogP contribution in [-0.4, -0.2) is 31.6 Å². The Labute approximate surface area is 181 Å². The van der Waals surface area contributed by atoms with Gasteiger partial charge in [0.25, 0.3) is 5.56 Å². The van der Waals surface area contributed by atoms with Crippen molar-refractivity contribution in [1.29, 1.82) is 0 Å². The fourth-order valence-corrected chi connectivity index (χ4v) is 3.73. The zero-order chi connectivity index (χ0) is 22.9. The second-order valence-corrected chi connectivity index (χ2v) is 8.72. The Kier molecular flexibility index (Phi) is 6.48. The predicted octanol–water partition coefficient (Wildman–Crippen LogP) is 2.93. The normalized spacial score (nSPS) is 11.6. The molecule has 0 radical (unpaired) electrons. The number of benzene rings is 1. The van der Waals surface area contributed by atoms with E-state index in [9.17, 15) is 14.4 Å². The zero-order valence-electron chi connectivity index (χ0n) is 19.0. The Balaban J connectivity index is 2.27. The number of hydrogen-bond acceptors (Lipinski definition) is 5. The van der Waals surface area contributed by atoms with Crippen LogP contribution < -0.4 is 16.0 Å². The van der Waals surface area contributed by atoms with E-state index in [0.29, 0.717) is 47.0 Å². The summed E-state index contributed by atoms with van der Waals surface area (Å²) in [6.07, 6.45) is 1.63. The molecule has 2 heterocycles. The minimum atomic E-state index is -0.420. The van der Waals surface area contributed by atoms with Gasteiger partial charge in [0.05, 0.1) is 20.0 Å². The molecule has 0 N–H and O–H groups in total. The predicted molar refractivity (Wildman–Crippen MR) is 120 cm³/mol. The van der Waals surface area contributed by atoms with Crippen molar-refractivity contribution in [2.45, 2.75) is 54.3 Å². The van der Waals surface area contributed by atoms with E-state index < -0.39 is 11.2 Å². The van der Waals surface area contributed by atoms with Crippen LogP contribution in [0.4, 0.5) is 0 Å². The van der Waals surface area contributed by atoms with E-state index in [1.54, 1.807) is 29.1 Å². The number of Topliss-reactive ketones (excluding diaryl/α,β-unsaturated/α-hetero) is 1.